The molecule has 0 aromatic rings. The number of rotatable bonds is 7. The van der Waals surface area contributed by atoms with Crippen LogP contribution in [0, 0.1) is 0 Å². The van der Waals surface area contributed by atoms with Gasteiger partial charge in [0.2, 0.25) is 0 Å². The predicted octanol–water partition coefficient (Wildman–Crippen LogP) is -1.54. The van der Waals surface area contributed by atoms with Crippen LogP contribution in [0.1, 0.15) is 6.42 Å². The molecule has 7 heteroatoms. The largest absolute Gasteiger partial charge is 0.480 e. The summed E-state index contributed by atoms with van der Waals surface area (Å²) in [6, 6.07) is 0. The van der Waals surface area contributed by atoms with Crippen LogP contribution in [-0.2, 0) is 9.59 Å². The van der Waals surface area contributed by atoms with E-state index in [9.17, 15) is 9.59 Å². The molecule has 0 heterocycles. The molecule has 0 aliphatic heterocycles. The fourth-order valence-electron chi connectivity index (χ4n) is 0.891. The predicted molar refractivity (Wildman–Crippen MR) is 49.2 cm³/mol. The molecule has 0 fully saturated rings. The zero-order valence-electron chi connectivity index (χ0n) is 8.14. The third-order valence-corrected chi connectivity index (χ3v) is 1.35. The molecule has 0 aromatic heterocycles. The van der Waals surface area contributed by atoms with E-state index in [2.05, 4.69) is 0 Å². The van der Waals surface area contributed by atoms with E-state index in [1.807, 2.05) is 0 Å². The van der Waals surface area contributed by atoms with Crippen molar-refractivity contribution in [2.45, 2.75) is 6.42 Å². The van der Waals surface area contributed by atoms with Gasteiger partial charge in [0.1, 0.15) is 0 Å². The summed E-state index contributed by atoms with van der Waals surface area (Å²) >= 11 is 0. The van der Waals surface area contributed by atoms with Crippen molar-refractivity contribution < 1.29 is 24.9 Å². The van der Waals surface area contributed by atoms with Crippen LogP contribution in [0.5, 0.6) is 0 Å². The van der Waals surface area contributed by atoms with E-state index in [1.54, 1.807) is 0 Å². The van der Waals surface area contributed by atoms with Gasteiger partial charge in [-0.2, -0.15) is 0 Å². The summed E-state index contributed by atoms with van der Waals surface area (Å²) < 4.78 is 0. The number of aliphatic hydroxyl groups excluding tert-OH is 1. The molecule has 0 unspecified atom stereocenters. The Kier molecular flexibility index (Phi) is 11.0. The van der Waals surface area contributed by atoms with Crippen molar-refractivity contribution in [3.05, 3.63) is 0 Å². The molecule has 6 nitrogen and oxygen atoms in total. The Balaban J connectivity index is 0. The summed E-state index contributed by atoms with van der Waals surface area (Å²) in [7, 11) is 0. The van der Waals surface area contributed by atoms with Crippen molar-refractivity contribution in [2.75, 3.05) is 26.2 Å². The summed E-state index contributed by atoms with van der Waals surface area (Å²) in [6.45, 7) is -0.427. The Morgan fingerprint density at radius 3 is 1.79 bits per heavy atom. The summed E-state index contributed by atoms with van der Waals surface area (Å²) in [6.07, 6.45) is 0.376. The van der Waals surface area contributed by atoms with Crippen molar-refractivity contribution in [1.29, 1.82) is 0 Å². The fourth-order valence-corrected chi connectivity index (χ4v) is 0.891. The average molecular weight is 214 g/mol. The first-order valence-electron chi connectivity index (χ1n) is 3.83. The average Bonchev–Trinajstić information content (AvgIpc) is 1.98. The second-order valence-electron chi connectivity index (χ2n) is 2.58. The van der Waals surface area contributed by atoms with E-state index in [0.29, 0.717) is 6.42 Å². The molecule has 0 aromatic carbocycles. The molecule has 14 heavy (non-hydrogen) atoms. The van der Waals surface area contributed by atoms with E-state index in [-0.39, 0.29) is 55.8 Å². The van der Waals surface area contributed by atoms with Crippen molar-refractivity contribution in [1.82, 2.24) is 4.90 Å². The zero-order valence-corrected chi connectivity index (χ0v) is 10.1. The number of aliphatic hydroxyl groups is 1. The van der Waals surface area contributed by atoms with E-state index in [0.717, 1.165) is 0 Å². The van der Waals surface area contributed by atoms with Crippen molar-refractivity contribution in [2.24, 2.45) is 0 Å². The number of aliphatic carboxylic acids is 2. The molecule has 0 rings (SSSR count). The second kappa shape index (κ2) is 9.42. The quantitative estimate of drug-likeness (QED) is 0.444. The molecule has 0 aliphatic rings. The zero-order chi connectivity index (χ0) is 10.3. The van der Waals surface area contributed by atoms with Gasteiger partial charge in [-0.1, -0.05) is 0 Å². The van der Waals surface area contributed by atoms with Crippen LogP contribution in [0.15, 0.2) is 0 Å². The Morgan fingerprint density at radius 2 is 1.50 bits per heavy atom. The first kappa shape index (κ1) is 16.3. The molecule has 0 bridgehead atoms. The Labute approximate surface area is 104 Å². The minimum atomic E-state index is -1.07. The molecule has 77 valence electrons. The van der Waals surface area contributed by atoms with Crippen LogP contribution in [0.2, 0.25) is 0 Å². The molecular weight excluding hydrogens is 201 g/mol. The van der Waals surface area contributed by atoms with Crippen LogP contribution in [0.4, 0.5) is 0 Å². The molecule has 0 spiro atoms. The van der Waals surface area contributed by atoms with Gasteiger partial charge in [0, 0.05) is 42.7 Å². The number of carboxylic acid groups (broad SMARTS) is 2. The molecular formula is C7H13NNaO5. The SMILES string of the molecule is O=C(O)CN(CCCO)CC(=O)O.[Na]. The number of carboxylic acids is 2. The van der Waals surface area contributed by atoms with Crippen LogP contribution in [0.3, 0.4) is 0 Å². The Bertz CT molecular complexity index is 171. The normalized spacial score (nSPS) is 9.57. The topological polar surface area (TPSA) is 98.1 Å². The molecule has 3 N–H and O–H groups in total. The minimum Gasteiger partial charge on any atom is -0.480 e. The first-order valence-corrected chi connectivity index (χ1v) is 3.83. The van der Waals surface area contributed by atoms with E-state index in [1.165, 1.54) is 4.90 Å². The van der Waals surface area contributed by atoms with Gasteiger partial charge >= 0.3 is 11.9 Å². The Hall–Kier alpha value is -0.140. The summed E-state index contributed by atoms with van der Waals surface area (Å²) in [5.41, 5.74) is 0. The third-order valence-electron chi connectivity index (χ3n) is 1.35. The maximum absolute atomic E-state index is 10.3. The van der Waals surface area contributed by atoms with Gasteiger partial charge in [0.25, 0.3) is 0 Å². The van der Waals surface area contributed by atoms with Gasteiger partial charge in [-0.15, -0.1) is 0 Å². The molecule has 0 aliphatic carbocycles. The van der Waals surface area contributed by atoms with Crippen LogP contribution in [0.25, 0.3) is 0 Å². The first-order chi connectivity index (χ1) is 6.06. The van der Waals surface area contributed by atoms with Crippen molar-refractivity contribution >= 4 is 41.5 Å². The standard InChI is InChI=1S/C7H13NO5.Na/c9-3-1-2-8(4-6(10)11)5-7(12)13;/h9H,1-5H2,(H,10,11)(H,12,13);. The number of hydrogen-bond acceptors (Lipinski definition) is 4. The monoisotopic (exact) mass is 214 g/mol. The van der Waals surface area contributed by atoms with Crippen LogP contribution in [-0.4, -0.2) is 88.0 Å². The maximum Gasteiger partial charge on any atom is 0.317 e. The molecule has 0 saturated heterocycles. The molecule has 0 amide bonds. The van der Waals surface area contributed by atoms with Crippen LogP contribution < -0.4 is 0 Å². The number of hydrogen-bond donors (Lipinski definition) is 3. The molecule has 1 radical (unpaired) electrons. The number of nitrogens with zero attached hydrogens (tertiary/aromatic N) is 1. The third kappa shape index (κ3) is 9.94. The smallest absolute Gasteiger partial charge is 0.317 e. The second-order valence-corrected chi connectivity index (χ2v) is 2.58. The molecule has 0 atom stereocenters. The Morgan fingerprint density at radius 1 is 1.07 bits per heavy atom. The number of carbonyl (C=O) groups is 2. The van der Waals surface area contributed by atoms with E-state index >= 15 is 0 Å². The van der Waals surface area contributed by atoms with E-state index in [4.69, 9.17) is 15.3 Å². The van der Waals surface area contributed by atoms with Crippen LogP contribution >= 0.6 is 0 Å². The van der Waals surface area contributed by atoms with Gasteiger partial charge < -0.3 is 15.3 Å². The fraction of sp³-hybridized carbons (Fsp3) is 0.714. The summed E-state index contributed by atoms with van der Waals surface area (Å²) in [5.74, 6) is -2.14. The summed E-state index contributed by atoms with van der Waals surface area (Å²) in [5, 5.41) is 25.3. The van der Waals surface area contributed by atoms with Gasteiger partial charge in [-0.05, 0) is 6.42 Å². The van der Waals surface area contributed by atoms with E-state index < -0.39 is 11.9 Å². The molecule has 0 saturated carbocycles. The van der Waals surface area contributed by atoms with Crippen molar-refractivity contribution in [3.8, 4) is 0 Å². The maximum atomic E-state index is 10.3. The van der Waals surface area contributed by atoms with Gasteiger partial charge in [-0.25, -0.2) is 0 Å². The minimum absolute atomic E-state index is 0. The van der Waals surface area contributed by atoms with Crippen molar-refractivity contribution in [3.63, 3.8) is 0 Å². The summed E-state index contributed by atoms with van der Waals surface area (Å²) in [4.78, 5) is 21.8. The van der Waals surface area contributed by atoms with Gasteiger partial charge in [0.05, 0.1) is 13.1 Å². The van der Waals surface area contributed by atoms with Gasteiger partial charge in [-0.3, -0.25) is 14.5 Å². The van der Waals surface area contributed by atoms with Gasteiger partial charge in [0.15, 0.2) is 0 Å².